The maximum absolute atomic E-state index is 5.93. The highest BCUT2D eigenvalue weighted by molar-refractivity contribution is 7.09. The van der Waals surface area contributed by atoms with Gasteiger partial charge in [-0.1, -0.05) is 23.2 Å². The van der Waals surface area contributed by atoms with E-state index in [2.05, 4.69) is 10.2 Å². The Morgan fingerprint density at radius 1 is 1.33 bits per heavy atom. The monoisotopic (exact) mass is 260 g/mol. The van der Waals surface area contributed by atoms with E-state index in [0.29, 0.717) is 22.4 Å². The standard InChI is InChI=1S/C9H6Cl2N2OS/c10-6-1-2-8(7(11)3-6)14-4-9-13-12-5-15-9/h1-3,5H,4H2. The molecule has 0 bridgehead atoms. The largest absolute Gasteiger partial charge is 0.485 e. The van der Waals surface area contributed by atoms with Crippen LogP contribution in [-0.2, 0) is 6.61 Å². The molecular formula is C9H6Cl2N2OS. The van der Waals surface area contributed by atoms with Crippen molar-refractivity contribution in [3.05, 3.63) is 38.8 Å². The van der Waals surface area contributed by atoms with Crippen molar-refractivity contribution in [3.8, 4) is 5.75 Å². The van der Waals surface area contributed by atoms with Crippen LogP contribution in [0.15, 0.2) is 23.7 Å². The summed E-state index contributed by atoms with van der Waals surface area (Å²) < 4.78 is 5.45. The van der Waals surface area contributed by atoms with Gasteiger partial charge in [-0.15, -0.1) is 21.5 Å². The van der Waals surface area contributed by atoms with Gasteiger partial charge in [0, 0.05) is 5.02 Å². The Hall–Kier alpha value is -0.840. The van der Waals surface area contributed by atoms with Gasteiger partial charge in [0.2, 0.25) is 0 Å². The Morgan fingerprint density at radius 2 is 2.20 bits per heavy atom. The average molecular weight is 261 g/mol. The maximum Gasteiger partial charge on any atom is 0.154 e. The Labute approximate surface area is 101 Å². The third-order valence-electron chi connectivity index (χ3n) is 1.65. The fourth-order valence-electron chi connectivity index (χ4n) is 0.991. The zero-order chi connectivity index (χ0) is 10.7. The fourth-order valence-corrected chi connectivity index (χ4v) is 1.89. The minimum Gasteiger partial charge on any atom is -0.485 e. The summed E-state index contributed by atoms with van der Waals surface area (Å²) in [6.45, 7) is 0.367. The van der Waals surface area contributed by atoms with Gasteiger partial charge in [0.1, 0.15) is 17.9 Å². The summed E-state index contributed by atoms with van der Waals surface area (Å²) in [6.07, 6.45) is 0. The Balaban J connectivity index is 2.05. The molecule has 0 aliphatic carbocycles. The van der Waals surface area contributed by atoms with Gasteiger partial charge in [0.05, 0.1) is 5.02 Å². The molecule has 0 fully saturated rings. The van der Waals surface area contributed by atoms with Crippen LogP contribution in [0.4, 0.5) is 0 Å². The molecule has 15 heavy (non-hydrogen) atoms. The highest BCUT2D eigenvalue weighted by atomic mass is 35.5. The van der Waals surface area contributed by atoms with Crippen LogP contribution in [0.1, 0.15) is 5.01 Å². The number of rotatable bonds is 3. The molecule has 0 atom stereocenters. The van der Waals surface area contributed by atoms with Crippen LogP contribution in [0.5, 0.6) is 5.75 Å². The first-order valence-corrected chi connectivity index (χ1v) is 5.72. The molecular weight excluding hydrogens is 255 g/mol. The fraction of sp³-hybridized carbons (Fsp3) is 0.111. The molecule has 0 radical (unpaired) electrons. The van der Waals surface area contributed by atoms with E-state index in [1.54, 1.807) is 23.7 Å². The summed E-state index contributed by atoms with van der Waals surface area (Å²) in [5.41, 5.74) is 1.65. The number of aromatic nitrogens is 2. The summed E-state index contributed by atoms with van der Waals surface area (Å²) in [7, 11) is 0. The van der Waals surface area contributed by atoms with Gasteiger partial charge >= 0.3 is 0 Å². The number of halogens is 2. The molecule has 3 nitrogen and oxygen atoms in total. The summed E-state index contributed by atoms with van der Waals surface area (Å²) in [5, 5.41) is 9.44. The van der Waals surface area contributed by atoms with E-state index in [1.807, 2.05) is 0 Å². The van der Waals surface area contributed by atoms with Gasteiger partial charge in [-0.25, -0.2) is 0 Å². The third kappa shape index (κ3) is 2.81. The van der Waals surface area contributed by atoms with E-state index in [-0.39, 0.29) is 0 Å². The van der Waals surface area contributed by atoms with Crippen molar-refractivity contribution in [2.24, 2.45) is 0 Å². The molecule has 2 aromatic rings. The molecule has 0 aliphatic rings. The molecule has 0 aliphatic heterocycles. The van der Waals surface area contributed by atoms with Gasteiger partial charge in [0.15, 0.2) is 5.01 Å². The van der Waals surface area contributed by atoms with Crippen molar-refractivity contribution < 1.29 is 4.74 Å². The lowest BCUT2D eigenvalue weighted by Crippen LogP contribution is -1.95. The van der Waals surface area contributed by atoms with E-state index in [4.69, 9.17) is 27.9 Å². The van der Waals surface area contributed by atoms with Crippen molar-refractivity contribution in [2.75, 3.05) is 0 Å². The number of ether oxygens (including phenoxy) is 1. The van der Waals surface area contributed by atoms with Crippen LogP contribution in [-0.4, -0.2) is 10.2 Å². The first kappa shape index (κ1) is 10.7. The summed E-state index contributed by atoms with van der Waals surface area (Å²) in [5.74, 6) is 0.594. The SMILES string of the molecule is Clc1ccc(OCc2nncs2)c(Cl)c1. The van der Waals surface area contributed by atoms with E-state index < -0.39 is 0 Å². The van der Waals surface area contributed by atoms with Gasteiger partial charge in [-0.3, -0.25) is 0 Å². The Kier molecular flexibility index (Phi) is 3.41. The lowest BCUT2D eigenvalue weighted by molar-refractivity contribution is 0.305. The topological polar surface area (TPSA) is 35.0 Å². The van der Waals surface area contributed by atoms with Crippen molar-refractivity contribution in [2.45, 2.75) is 6.61 Å². The second kappa shape index (κ2) is 4.79. The van der Waals surface area contributed by atoms with Crippen LogP contribution in [0.2, 0.25) is 10.0 Å². The second-order valence-electron chi connectivity index (χ2n) is 2.70. The van der Waals surface area contributed by atoms with E-state index >= 15 is 0 Å². The number of hydrogen-bond acceptors (Lipinski definition) is 4. The predicted molar refractivity (Wildman–Crippen MR) is 60.7 cm³/mol. The number of hydrogen-bond donors (Lipinski definition) is 0. The molecule has 1 aromatic heterocycles. The van der Waals surface area contributed by atoms with Gasteiger partial charge < -0.3 is 4.74 Å². The van der Waals surface area contributed by atoms with Crippen LogP contribution in [0.25, 0.3) is 0 Å². The molecule has 0 unspecified atom stereocenters. The first-order valence-electron chi connectivity index (χ1n) is 4.08. The van der Waals surface area contributed by atoms with Crippen molar-refractivity contribution >= 4 is 34.5 Å². The highest BCUT2D eigenvalue weighted by Crippen LogP contribution is 2.28. The zero-order valence-electron chi connectivity index (χ0n) is 7.48. The summed E-state index contributed by atoms with van der Waals surface area (Å²) in [6, 6.07) is 5.09. The molecule has 0 saturated heterocycles. The first-order chi connectivity index (χ1) is 7.25. The molecule has 1 heterocycles. The highest BCUT2D eigenvalue weighted by Gasteiger charge is 2.03. The minimum atomic E-state index is 0.367. The molecule has 0 N–H and O–H groups in total. The normalized spacial score (nSPS) is 10.3. The zero-order valence-corrected chi connectivity index (χ0v) is 9.81. The molecule has 0 spiro atoms. The Bertz CT molecular complexity index is 447. The van der Waals surface area contributed by atoms with Crippen molar-refractivity contribution in [1.82, 2.24) is 10.2 Å². The van der Waals surface area contributed by atoms with Crippen LogP contribution in [0, 0.1) is 0 Å². The third-order valence-corrected chi connectivity index (χ3v) is 2.85. The van der Waals surface area contributed by atoms with E-state index in [0.717, 1.165) is 5.01 Å². The van der Waals surface area contributed by atoms with Crippen LogP contribution in [0.3, 0.4) is 0 Å². The molecule has 0 amide bonds. The van der Waals surface area contributed by atoms with Crippen LogP contribution < -0.4 is 4.74 Å². The number of nitrogens with zero attached hydrogens (tertiary/aromatic N) is 2. The van der Waals surface area contributed by atoms with E-state index in [1.165, 1.54) is 11.3 Å². The van der Waals surface area contributed by atoms with Gasteiger partial charge in [-0.2, -0.15) is 0 Å². The van der Waals surface area contributed by atoms with Crippen molar-refractivity contribution in [1.29, 1.82) is 0 Å². The average Bonchev–Trinajstić information content (AvgIpc) is 2.69. The number of benzene rings is 1. The van der Waals surface area contributed by atoms with Gasteiger partial charge in [0.25, 0.3) is 0 Å². The quantitative estimate of drug-likeness (QED) is 0.849. The minimum absolute atomic E-state index is 0.367. The van der Waals surface area contributed by atoms with Crippen molar-refractivity contribution in [3.63, 3.8) is 0 Å². The molecule has 2 rings (SSSR count). The molecule has 1 aromatic carbocycles. The molecule has 6 heteroatoms. The lowest BCUT2D eigenvalue weighted by Gasteiger charge is -2.05. The van der Waals surface area contributed by atoms with Crippen LogP contribution >= 0.6 is 34.5 Å². The van der Waals surface area contributed by atoms with E-state index in [9.17, 15) is 0 Å². The second-order valence-corrected chi connectivity index (χ2v) is 4.46. The Morgan fingerprint density at radius 3 is 2.87 bits per heavy atom. The molecule has 78 valence electrons. The summed E-state index contributed by atoms with van der Waals surface area (Å²) in [4.78, 5) is 0. The summed E-state index contributed by atoms with van der Waals surface area (Å²) >= 11 is 13.1. The molecule has 0 saturated carbocycles. The smallest absolute Gasteiger partial charge is 0.154 e. The maximum atomic E-state index is 5.93. The lowest BCUT2D eigenvalue weighted by atomic mass is 10.3. The predicted octanol–water partition coefficient (Wildman–Crippen LogP) is 3.42. The van der Waals surface area contributed by atoms with Gasteiger partial charge in [-0.05, 0) is 18.2 Å².